The van der Waals surface area contributed by atoms with Crippen LogP contribution in [-0.4, -0.2) is 42.8 Å². The largest absolute Gasteiger partial charge is 0.491 e. The van der Waals surface area contributed by atoms with E-state index in [0.29, 0.717) is 19.2 Å². The summed E-state index contributed by atoms with van der Waals surface area (Å²) in [6, 6.07) is 8.03. The second-order valence-electron chi connectivity index (χ2n) is 6.24. The van der Waals surface area contributed by atoms with Crippen molar-refractivity contribution in [2.75, 3.05) is 13.2 Å². The highest BCUT2D eigenvalue weighted by Gasteiger charge is 2.07. The fourth-order valence-electron chi connectivity index (χ4n) is 1.94. The molecule has 0 saturated heterocycles. The highest BCUT2D eigenvalue weighted by molar-refractivity contribution is 5.26. The monoisotopic (exact) mass is 325 g/mol. The number of hydrogen-bond donors (Lipinski definition) is 2. The average Bonchev–Trinajstić information content (AvgIpc) is 2.49. The molecule has 2 unspecified atom stereocenters. The van der Waals surface area contributed by atoms with Gasteiger partial charge >= 0.3 is 0 Å². The van der Waals surface area contributed by atoms with E-state index in [9.17, 15) is 5.11 Å². The van der Waals surface area contributed by atoms with E-state index in [1.807, 2.05) is 58.9 Å². The lowest BCUT2D eigenvalue weighted by Crippen LogP contribution is -2.35. The lowest BCUT2D eigenvalue weighted by Gasteiger charge is -2.17. The highest BCUT2D eigenvalue weighted by atomic mass is 16.7. The molecule has 0 aliphatic heterocycles. The highest BCUT2D eigenvalue weighted by Crippen LogP contribution is 2.14. The van der Waals surface area contributed by atoms with Crippen LogP contribution in [0, 0.1) is 0 Å². The molecule has 1 aromatic rings. The Bertz CT molecular complexity index is 420. The van der Waals surface area contributed by atoms with E-state index in [4.69, 9.17) is 14.2 Å². The van der Waals surface area contributed by atoms with E-state index < -0.39 is 6.10 Å². The van der Waals surface area contributed by atoms with Gasteiger partial charge in [0, 0.05) is 12.6 Å². The second-order valence-corrected chi connectivity index (χ2v) is 6.24. The fraction of sp³-hybridized carbons (Fsp3) is 0.667. The first kappa shape index (κ1) is 19.9. The van der Waals surface area contributed by atoms with Crippen LogP contribution in [0.1, 0.15) is 40.2 Å². The van der Waals surface area contributed by atoms with Crippen LogP contribution in [0.5, 0.6) is 5.75 Å². The molecule has 5 nitrogen and oxygen atoms in total. The van der Waals surface area contributed by atoms with Gasteiger partial charge in [0.05, 0.1) is 12.7 Å². The number of ether oxygens (including phenoxy) is 3. The molecule has 5 heteroatoms. The summed E-state index contributed by atoms with van der Waals surface area (Å²) < 4.78 is 16.7. The van der Waals surface area contributed by atoms with E-state index in [-0.39, 0.29) is 19.0 Å². The molecule has 0 aliphatic carbocycles. The molecule has 0 bridgehead atoms. The fourth-order valence-corrected chi connectivity index (χ4v) is 1.94. The maximum absolute atomic E-state index is 9.81. The number of benzene rings is 1. The molecule has 0 radical (unpaired) electrons. The van der Waals surface area contributed by atoms with Crippen LogP contribution in [0.4, 0.5) is 0 Å². The van der Waals surface area contributed by atoms with Gasteiger partial charge in [-0.15, -0.1) is 0 Å². The first-order valence-corrected chi connectivity index (χ1v) is 8.27. The Hall–Kier alpha value is -1.14. The minimum absolute atomic E-state index is 0.150. The van der Waals surface area contributed by atoms with Crippen molar-refractivity contribution in [3.63, 3.8) is 0 Å². The van der Waals surface area contributed by atoms with Gasteiger partial charge in [-0.05, 0) is 38.5 Å². The molecule has 1 rings (SSSR count). The Morgan fingerprint density at radius 1 is 1.04 bits per heavy atom. The molecule has 0 aliphatic rings. The van der Waals surface area contributed by atoms with Gasteiger partial charge in [-0.1, -0.05) is 26.0 Å². The van der Waals surface area contributed by atoms with Crippen LogP contribution in [0.3, 0.4) is 0 Å². The quantitative estimate of drug-likeness (QED) is 0.613. The third kappa shape index (κ3) is 9.56. The molecule has 0 aromatic heterocycles. The molecule has 0 saturated carbocycles. The molecule has 0 amide bonds. The molecule has 23 heavy (non-hydrogen) atoms. The number of nitrogens with one attached hydrogen (secondary N) is 1. The van der Waals surface area contributed by atoms with Crippen molar-refractivity contribution in [3.8, 4) is 5.75 Å². The van der Waals surface area contributed by atoms with Crippen molar-refractivity contribution < 1.29 is 19.3 Å². The minimum Gasteiger partial charge on any atom is -0.491 e. The van der Waals surface area contributed by atoms with E-state index >= 15 is 0 Å². The van der Waals surface area contributed by atoms with Crippen molar-refractivity contribution in [2.24, 2.45) is 0 Å². The van der Waals surface area contributed by atoms with Crippen molar-refractivity contribution >= 4 is 0 Å². The van der Waals surface area contributed by atoms with Gasteiger partial charge in [0.1, 0.15) is 18.5 Å². The predicted octanol–water partition coefficient (Wildman–Crippen LogP) is 2.71. The van der Waals surface area contributed by atoms with Crippen LogP contribution in [0.2, 0.25) is 0 Å². The van der Waals surface area contributed by atoms with E-state index in [1.54, 1.807) is 0 Å². The molecular weight excluding hydrogens is 294 g/mol. The van der Waals surface area contributed by atoms with Gasteiger partial charge in [-0.3, -0.25) is 0 Å². The molecule has 2 atom stereocenters. The Labute approximate surface area is 139 Å². The Balaban J connectivity index is 2.30. The standard InChI is InChI=1S/C18H31NO4/c1-13(2)19-10-17(20)12-22-18-8-6-16(7-9-18)11-21-15(5)23-14(3)4/h6-9,13-15,17,19-20H,10-12H2,1-5H3. The van der Waals surface area contributed by atoms with Crippen LogP contribution in [0.25, 0.3) is 0 Å². The Kier molecular flexibility index (Phi) is 9.17. The van der Waals surface area contributed by atoms with Gasteiger partial charge in [0.25, 0.3) is 0 Å². The number of hydrogen-bond acceptors (Lipinski definition) is 5. The van der Waals surface area contributed by atoms with E-state index in [2.05, 4.69) is 5.32 Å². The summed E-state index contributed by atoms with van der Waals surface area (Å²) in [5.74, 6) is 0.740. The van der Waals surface area contributed by atoms with Gasteiger partial charge in [0.15, 0.2) is 6.29 Å². The number of aliphatic hydroxyl groups is 1. The molecule has 1 aromatic carbocycles. The summed E-state index contributed by atoms with van der Waals surface area (Å²) in [5.41, 5.74) is 1.05. The van der Waals surface area contributed by atoms with Crippen molar-refractivity contribution in [1.29, 1.82) is 0 Å². The summed E-state index contributed by atoms with van der Waals surface area (Å²) in [6.07, 6.45) is -0.596. The van der Waals surface area contributed by atoms with Crippen LogP contribution < -0.4 is 10.1 Å². The third-order valence-corrected chi connectivity index (χ3v) is 3.08. The first-order chi connectivity index (χ1) is 10.9. The van der Waals surface area contributed by atoms with Gasteiger partial charge in [-0.2, -0.15) is 0 Å². The Morgan fingerprint density at radius 3 is 2.26 bits per heavy atom. The predicted molar refractivity (Wildman–Crippen MR) is 91.6 cm³/mol. The smallest absolute Gasteiger partial charge is 0.155 e. The molecule has 0 spiro atoms. The van der Waals surface area contributed by atoms with Crippen LogP contribution in [-0.2, 0) is 16.1 Å². The number of aliphatic hydroxyl groups excluding tert-OH is 1. The summed E-state index contributed by atoms with van der Waals surface area (Å²) in [4.78, 5) is 0. The van der Waals surface area contributed by atoms with Crippen LogP contribution >= 0.6 is 0 Å². The lowest BCUT2D eigenvalue weighted by atomic mass is 10.2. The second kappa shape index (κ2) is 10.6. The molecular formula is C18H31NO4. The van der Waals surface area contributed by atoms with Gasteiger partial charge < -0.3 is 24.6 Å². The van der Waals surface area contributed by atoms with E-state index in [1.165, 1.54) is 0 Å². The summed E-state index contributed by atoms with van der Waals surface area (Å²) in [6.45, 7) is 11.2. The zero-order chi connectivity index (χ0) is 17.2. The zero-order valence-electron chi connectivity index (χ0n) is 14.9. The lowest BCUT2D eigenvalue weighted by molar-refractivity contribution is -0.157. The summed E-state index contributed by atoms with van der Waals surface area (Å²) >= 11 is 0. The molecule has 132 valence electrons. The molecule has 2 N–H and O–H groups in total. The minimum atomic E-state index is -0.519. The Morgan fingerprint density at radius 2 is 1.70 bits per heavy atom. The SMILES string of the molecule is CC(C)NCC(O)COc1ccc(COC(C)OC(C)C)cc1. The van der Waals surface area contributed by atoms with Crippen molar-refractivity contribution in [1.82, 2.24) is 5.32 Å². The van der Waals surface area contributed by atoms with E-state index in [0.717, 1.165) is 11.3 Å². The van der Waals surface area contributed by atoms with Crippen molar-refractivity contribution in [2.45, 2.75) is 65.8 Å². The summed E-state index contributed by atoms with van der Waals surface area (Å²) in [5, 5.41) is 13.0. The zero-order valence-corrected chi connectivity index (χ0v) is 14.9. The molecule has 0 heterocycles. The normalized spacial score (nSPS) is 14.3. The van der Waals surface area contributed by atoms with Gasteiger partial charge in [0.2, 0.25) is 0 Å². The van der Waals surface area contributed by atoms with Gasteiger partial charge in [-0.25, -0.2) is 0 Å². The first-order valence-electron chi connectivity index (χ1n) is 8.27. The maximum Gasteiger partial charge on any atom is 0.155 e. The third-order valence-electron chi connectivity index (χ3n) is 3.08. The maximum atomic E-state index is 9.81. The van der Waals surface area contributed by atoms with Crippen LogP contribution in [0.15, 0.2) is 24.3 Å². The molecule has 0 fully saturated rings. The average molecular weight is 325 g/mol. The number of rotatable bonds is 11. The van der Waals surface area contributed by atoms with Crippen molar-refractivity contribution in [3.05, 3.63) is 29.8 Å². The topological polar surface area (TPSA) is 60.0 Å². The summed E-state index contributed by atoms with van der Waals surface area (Å²) in [7, 11) is 0.